The zero-order valence-electron chi connectivity index (χ0n) is 13.8. The summed E-state index contributed by atoms with van der Waals surface area (Å²) < 4.78 is 44.3. The van der Waals surface area contributed by atoms with Crippen LogP contribution in [-0.4, -0.2) is 18.0 Å². The van der Waals surface area contributed by atoms with Crippen LogP contribution in [0.15, 0.2) is 47.8 Å². The van der Waals surface area contributed by atoms with Crippen molar-refractivity contribution in [2.75, 3.05) is 12.4 Å². The fourth-order valence-electron chi connectivity index (χ4n) is 2.38. The first kappa shape index (κ1) is 19.2. The third-order valence-electron chi connectivity index (χ3n) is 3.65. The molecule has 0 spiro atoms. The number of carbonyl (C=O) groups excluding carboxylic acids is 1. The van der Waals surface area contributed by atoms with E-state index in [2.05, 4.69) is 10.3 Å². The molecule has 3 aromatic rings. The highest BCUT2D eigenvalue weighted by Gasteiger charge is 2.34. The molecule has 27 heavy (non-hydrogen) atoms. The maximum atomic E-state index is 13.1. The molecule has 0 aliphatic carbocycles. The summed E-state index contributed by atoms with van der Waals surface area (Å²) in [5.41, 5.74) is -0.243. The highest BCUT2D eigenvalue weighted by Crippen LogP contribution is 2.34. The van der Waals surface area contributed by atoms with E-state index in [1.54, 1.807) is 23.6 Å². The van der Waals surface area contributed by atoms with Crippen LogP contribution in [0.3, 0.4) is 0 Å². The molecule has 4 nitrogen and oxygen atoms in total. The molecule has 3 rings (SSSR count). The Kier molecular flexibility index (Phi) is 5.38. The Labute approximate surface area is 161 Å². The molecule has 0 atom stereocenters. The number of alkyl halides is 3. The van der Waals surface area contributed by atoms with Gasteiger partial charge in [-0.05, 0) is 30.3 Å². The Morgan fingerprint density at radius 3 is 2.63 bits per heavy atom. The normalized spacial score (nSPS) is 11.3. The topological polar surface area (TPSA) is 51.2 Å². The van der Waals surface area contributed by atoms with Crippen LogP contribution in [0.1, 0.15) is 15.9 Å². The molecule has 1 amide bonds. The molecule has 0 radical (unpaired) electrons. The van der Waals surface area contributed by atoms with E-state index in [1.807, 2.05) is 0 Å². The van der Waals surface area contributed by atoms with Gasteiger partial charge in [-0.25, -0.2) is 4.98 Å². The van der Waals surface area contributed by atoms with E-state index in [1.165, 1.54) is 19.2 Å². The number of carbonyl (C=O) groups is 1. The molecular formula is C18H12ClF3N2O2S. The Morgan fingerprint density at radius 1 is 1.22 bits per heavy atom. The lowest BCUT2D eigenvalue weighted by atomic mass is 10.1. The maximum absolute atomic E-state index is 13.1. The number of halogens is 4. The number of hydrogen-bond acceptors (Lipinski definition) is 4. The van der Waals surface area contributed by atoms with Crippen molar-refractivity contribution in [3.05, 3.63) is 64.0 Å². The second kappa shape index (κ2) is 7.58. The van der Waals surface area contributed by atoms with Crippen molar-refractivity contribution in [3.8, 4) is 17.0 Å². The number of hydrogen-bond donors (Lipinski definition) is 1. The van der Waals surface area contributed by atoms with Gasteiger partial charge in [-0.2, -0.15) is 13.2 Å². The largest absolute Gasteiger partial charge is 0.495 e. The molecule has 0 bridgehead atoms. The third kappa shape index (κ3) is 4.23. The van der Waals surface area contributed by atoms with Gasteiger partial charge in [0.2, 0.25) is 0 Å². The standard InChI is InChI=1S/C18H12ClF3N2O2S/c1-26-15-7-6-10(8-13(15)19)14-9-27-17(23-14)24-16(25)11-4-2-3-5-12(11)18(20,21)22/h2-9H,1H3,(H,23,24,25). The third-order valence-corrected chi connectivity index (χ3v) is 4.70. The summed E-state index contributed by atoms with van der Waals surface area (Å²) in [4.78, 5) is 16.5. The Morgan fingerprint density at radius 2 is 1.96 bits per heavy atom. The van der Waals surface area contributed by atoms with Gasteiger partial charge in [-0.1, -0.05) is 23.7 Å². The average molecular weight is 413 g/mol. The van der Waals surface area contributed by atoms with Crippen LogP contribution in [0.2, 0.25) is 5.02 Å². The van der Waals surface area contributed by atoms with E-state index in [9.17, 15) is 18.0 Å². The van der Waals surface area contributed by atoms with Crippen molar-refractivity contribution in [3.63, 3.8) is 0 Å². The van der Waals surface area contributed by atoms with E-state index >= 15 is 0 Å². The number of ether oxygens (including phenoxy) is 1. The quantitative estimate of drug-likeness (QED) is 0.594. The summed E-state index contributed by atoms with van der Waals surface area (Å²) in [7, 11) is 1.50. The minimum absolute atomic E-state index is 0.180. The van der Waals surface area contributed by atoms with Gasteiger partial charge in [0.05, 0.1) is 29.0 Å². The molecule has 2 aromatic carbocycles. The molecule has 0 fully saturated rings. The van der Waals surface area contributed by atoms with Crippen LogP contribution < -0.4 is 10.1 Å². The van der Waals surface area contributed by atoms with Gasteiger partial charge in [0, 0.05) is 10.9 Å². The molecular weight excluding hydrogens is 401 g/mol. The number of amides is 1. The summed E-state index contributed by atoms with van der Waals surface area (Å²) in [6.07, 6.45) is -4.62. The number of thiazole rings is 1. The zero-order chi connectivity index (χ0) is 19.6. The van der Waals surface area contributed by atoms with E-state index in [4.69, 9.17) is 16.3 Å². The lowest BCUT2D eigenvalue weighted by Crippen LogP contribution is -2.18. The number of rotatable bonds is 4. The number of anilines is 1. The second-order valence-corrected chi connectivity index (χ2v) is 6.65. The number of nitrogens with one attached hydrogen (secondary N) is 1. The monoisotopic (exact) mass is 412 g/mol. The lowest BCUT2D eigenvalue weighted by molar-refractivity contribution is -0.137. The van der Waals surface area contributed by atoms with E-state index in [0.29, 0.717) is 22.0 Å². The number of aromatic nitrogens is 1. The van der Waals surface area contributed by atoms with Crippen LogP contribution in [0.25, 0.3) is 11.3 Å². The van der Waals surface area contributed by atoms with Gasteiger partial charge in [0.15, 0.2) is 5.13 Å². The van der Waals surface area contributed by atoms with Crippen LogP contribution in [0.5, 0.6) is 5.75 Å². The van der Waals surface area contributed by atoms with Crippen molar-refractivity contribution >= 4 is 34.0 Å². The van der Waals surface area contributed by atoms with Gasteiger partial charge in [0.1, 0.15) is 5.75 Å². The summed E-state index contributed by atoms with van der Waals surface area (Å²) >= 11 is 7.18. The predicted molar refractivity (Wildman–Crippen MR) is 98.5 cm³/mol. The predicted octanol–water partition coefficient (Wildman–Crippen LogP) is 5.74. The molecule has 0 aliphatic rings. The fraction of sp³-hybridized carbons (Fsp3) is 0.111. The van der Waals surface area contributed by atoms with Crippen LogP contribution in [0, 0.1) is 0 Å². The number of benzene rings is 2. The lowest BCUT2D eigenvalue weighted by Gasteiger charge is -2.11. The highest BCUT2D eigenvalue weighted by molar-refractivity contribution is 7.14. The number of nitrogens with zero attached hydrogens (tertiary/aromatic N) is 1. The van der Waals surface area contributed by atoms with Crippen molar-refractivity contribution in [2.45, 2.75) is 6.18 Å². The SMILES string of the molecule is COc1ccc(-c2csc(NC(=O)c3ccccc3C(F)(F)F)n2)cc1Cl. The molecule has 1 aromatic heterocycles. The van der Waals surface area contributed by atoms with Crippen molar-refractivity contribution < 1.29 is 22.7 Å². The van der Waals surface area contributed by atoms with Gasteiger partial charge in [0.25, 0.3) is 5.91 Å². The fourth-order valence-corrected chi connectivity index (χ4v) is 3.35. The van der Waals surface area contributed by atoms with Crippen LogP contribution in [-0.2, 0) is 6.18 Å². The molecule has 140 valence electrons. The summed E-state index contributed by atoms with van der Waals surface area (Å²) in [6, 6.07) is 9.65. The minimum Gasteiger partial charge on any atom is -0.495 e. The molecule has 1 N–H and O–H groups in total. The first-order chi connectivity index (χ1) is 12.8. The van der Waals surface area contributed by atoms with Gasteiger partial charge >= 0.3 is 6.18 Å². The van der Waals surface area contributed by atoms with Gasteiger partial charge < -0.3 is 4.74 Å². The van der Waals surface area contributed by atoms with Crippen molar-refractivity contribution in [1.82, 2.24) is 4.98 Å². The molecule has 0 unspecified atom stereocenters. The van der Waals surface area contributed by atoms with E-state index < -0.39 is 23.2 Å². The minimum atomic E-state index is -4.62. The summed E-state index contributed by atoms with van der Waals surface area (Å²) in [5, 5.41) is 4.65. The first-order valence-corrected chi connectivity index (χ1v) is 8.82. The van der Waals surface area contributed by atoms with E-state index in [0.717, 1.165) is 23.5 Å². The molecule has 1 heterocycles. The van der Waals surface area contributed by atoms with Crippen LogP contribution >= 0.6 is 22.9 Å². The molecule has 9 heteroatoms. The Hall–Kier alpha value is -2.58. The Balaban J connectivity index is 1.83. The first-order valence-electron chi connectivity index (χ1n) is 7.56. The van der Waals surface area contributed by atoms with Crippen LogP contribution in [0.4, 0.5) is 18.3 Å². The second-order valence-electron chi connectivity index (χ2n) is 5.38. The van der Waals surface area contributed by atoms with Crippen molar-refractivity contribution in [2.24, 2.45) is 0 Å². The molecule has 0 saturated carbocycles. The smallest absolute Gasteiger partial charge is 0.417 e. The average Bonchev–Trinajstić information content (AvgIpc) is 3.09. The zero-order valence-corrected chi connectivity index (χ0v) is 15.4. The number of methoxy groups -OCH3 is 1. The van der Waals surface area contributed by atoms with Crippen molar-refractivity contribution in [1.29, 1.82) is 0 Å². The Bertz CT molecular complexity index is 989. The van der Waals surface area contributed by atoms with Gasteiger partial charge in [-0.3, -0.25) is 10.1 Å². The molecule has 0 aliphatic heterocycles. The summed E-state index contributed by atoms with van der Waals surface area (Å²) in [5.74, 6) is -0.371. The maximum Gasteiger partial charge on any atom is 0.417 e. The van der Waals surface area contributed by atoms with E-state index in [-0.39, 0.29) is 5.13 Å². The summed E-state index contributed by atoms with van der Waals surface area (Å²) in [6.45, 7) is 0. The molecule has 0 saturated heterocycles. The highest BCUT2D eigenvalue weighted by atomic mass is 35.5. The van der Waals surface area contributed by atoms with Gasteiger partial charge in [-0.15, -0.1) is 11.3 Å².